The zero-order valence-electron chi connectivity index (χ0n) is 11.4. The number of thioether (sulfide) groups is 1. The van der Waals surface area contributed by atoms with Crippen LogP contribution in [0.4, 0.5) is 0 Å². The van der Waals surface area contributed by atoms with Crippen molar-refractivity contribution < 1.29 is 14.7 Å². The van der Waals surface area contributed by atoms with Crippen LogP contribution >= 0.6 is 11.8 Å². The van der Waals surface area contributed by atoms with Crippen LogP contribution in [0.2, 0.25) is 0 Å². The predicted octanol–water partition coefficient (Wildman–Crippen LogP) is 2.96. The van der Waals surface area contributed by atoms with Gasteiger partial charge in [-0.3, -0.25) is 4.79 Å². The number of amides is 1. The summed E-state index contributed by atoms with van der Waals surface area (Å²) in [5.41, 5.74) is 1.02. The number of carboxylic acid groups (broad SMARTS) is 1. The van der Waals surface area contributed by atoms with E-state index in [-0.39, 0.29) is 0 Å². The standard InChI is InChI=1S/C16H15NO3S/c1-21-13-10-6-5-9-12(13)15(18)17-14(16(19)20)11-7-3-2-4-8-11/h2-10,14H,1H3,(H,17,18)(H,19,20)/t14-/m0/s1. The Labute approximate surface area is 127 Å². The van der Waals surface area contributed by atoms with Crippen molar-refractivity contribution in [2.75, 3.05) is 6.26 Å². The van der Waals surface area contributed by atoms with E-state index in [0.717, 1.165) is 4.90 Å². The molecule has 2 aromatic rings. The molecule has 0 saturated heterocycles. The Morgan fingerprint density at radius 1 is 1.05 bits per heavy atom. The molecule has 2 aromatic carbocycles. The van der Waals surface area contributed by atoms with Crippen LogP contribution in [0, 0.1) is 0 Å². The number of hydrogen-bond donors (Lipinski definition) is 2. The number of carbonyl (C=O) groups excluding carboxylic acids is 1. The van der Waals surface area contributed by atoms with Crippen molar-refractivity contribution in [1.82, 2.24) is 5.32 Å². The molecule has 4 nitrogen and oxygen atoms in total. The molecule has 0 saturated carbocycles. The highest BCUT2D eigenvalue weighted by molar-refractivity contribution is 7.98. The second kappa shape index (κ2) is 6.95. The van der Waals surface area contributed by atoms with E-state index < -0.39 is 17.9 Å². The number of aliphatic carboxylic acids is 1. The highest BCUT2D eigenvalue weighted by Crippen LogP contribution is 2.21. The summed E-state index contributed by atoms with van der Waals surface area (Å²) in [6.07, 6.45) is 1.87. The molecule has 21 heavy (non-hydrogen) atoms. The Bertz CT molecular complexity index is 643. The minimum Gasteiger partial charge on any atom is -0.479 e. The molecule has 0 fully saturated rings. The fourth-order valence-corrected chi connectivity index (χ4v) is 2.57. The number of rotatable bonds is 5. The molecule has 2 N–H and O–H groups in total. The third-order valence-corrected chi connectivity index (χ3v) is 3.80. The minimum absolute atomic E-state index is 0.392. The van der Waals surface area contributed by atoms with Gasteiger partial charge in [0.2, 0.25) is 0 Å². The largest absolute Gasteiger partial charge is 0.479 e. The van der Waals surface area contributed by atoms with Crippen LogP contribution in [-0.4, -0.2) is 23.2 Å². The summed E-state index contributed by atoms with van der Waals surface area (Å²) in [5.74, 6) is -1.48. The summed E-state index contributed by atoms with van der Waals surface area (Å²) in [6.45, 7) is 0. The SMILES string of the molecule is CSc1ccccc1C(=O)N[C@H](C(=O)O)c1ccccc1. The molecule has 5 heteroatoms. The van der Waals surface area contributed by atoms with Crippen molar-refractivity contribution in [2.45, 2.75) is 10.9 Å². The van der Waals surface area contributed by atoms with Crippen molar-refractivity contribution in [1.29, 1.82) is 0 Å². The first-order valence-electron chi connectivity index (χ1n) is 6.35. The topological polar surface area (TPSA) is 66.4 Å². The van der Waals surface area contributed by atoms with Crippen molar-refractivity contribution in [3.05, 3.63) is 65.7 Å². The van der Waals surface area contributed by atoms with Crippen molar-refractivity contribution >= 4 is 23.6 Å². The van der Waals surface area contributed by atoms with Crippen LogP contribution in [-0.2, 0) is 4.79 Å². The Morgan fingerprint density at radius 3 is 2.29 bits per heavy atom. The lowest BCUT2D eigenvalue weighted by molar-refractivity contribution is -0.139. The molecule has 0 unspecified atom stereocenters. The highest BCUT2D eigenvalue weighted by Gasteiger charge is 2.23. The first-order chi connectivity index (χ1) is 10.1. The lowest BCUT2D eigenvalue weighted by Gasteiger charge is -2.16. The van der Waals surface area contributed by atoms with Gasteiger partial charge in [0.1, 0.15) is 0 Å². The Kier molecular flexibility index (Phi) is 5.00. The summed E-state index contributed by atoms with van der Waals surface area (Å²) >= 11 is 1.45. The van der Waals surface area contributed by atoms with Gasteiger partial charge in [-0.15, -0.1) is 11.8 Å². The van der Waals surface area contributed by atoms with Crippen LogP contribution in [0.5, 0.6) is 0 Å². The van der Waals surface area contributed by atoms with Gasteiger partial charge in [0.15, 0.2) is 6.04 Å². The van der Waals surface area contributed by atoms with E-state index in [1.807, 2.05) is 18.4 Å². The fourth-order valence-electron chi connectivity index (χ4n) is 1.97. The van der Waals surface area contributed by atoms with Crippen molar-refractivity contribution in [3.8, 4) is 0 Å². The summed E-state index contributed by atoms with van der Waals surface area (Å²) in [6, 6.07) is 14.7. The normalized spacial score (nSPS) is 11.7. The van der Waals surface area contributed by atoms with Gasteiger partial charge < -0.3 is 10.4 Å². The van der Waals surface area contributed by atoms with E-state index in [1.54, 1.807) is 42.5 Å². The fraction of sp³-hybridized carbons (Fsp3) is 0.125. The molecule has 1 atom stereocenters. The van der Waals surface area contributed by atoms with Crippen LogP contribution in [0.3, 0.4) is 0 Å². The molecule has 0 aliphatic rings. The molecule has 1 amide bonds. The monoisotopic (exact) mass is 301 g/mol. The molecule has 0 radical (unpaired) electrons. The second-order valence-electron chi connectivity index (χ2n) is 4.36. The summed E-state index contributed by atoms with van der Waals surface area (Å²) in [4.78, 5) is 24.5. The van der Waals surface area contributed by atoms with Gasteiger partial charge in [0.05, 0.1) is 5.56 Å². The van der Waals surface area contributed by atoms with Gasteiger partial charge in [-0.1, -0.05) is 42.5 Å². The number of nitrogens with one attached hydrogen (secondary N) is 1. The average molecular weight is 301 g/mol. The Hall–Kier alpha value is -2.27. The van der Waals surface area contributed by atoms with Gasteiger partial charge in [0.25, 0.3) is 5.91 Å². The van der Waals surface area contributed by atoms with E-state index in [4.69, 9.17) is 0 Å². The molecule has 0 aliphatic carbocycles. The number of hydrogen-bond acceptors (Lipinski definition) is 3. The lowest BCUT2D eigenvalue weighted by atomic mass is 10.1. The van der Waals surface area contributed by atoms with Crippen LogP contribution in [0.25, 0.3) is 0 Å². The zero-order chi connectivity index (χ0) is 15.2. The molecule has 0 aromatic heterocycles. The zero-order valence-corrected chi connectivity index (χ0v) is 12.3. The molecule has 0 bridgehead atoms. The molecule has 0 spiro atoms. The van der Waals surface area contributed by atoms with Crippen LogP contribution in [0.15, 0.2) is 59.5 Å². The second-order valence-corrected chi connectivity index (χ2v) is 5.20. The van der Waals surface area contributed by atoms with E-state index >= 15 is 0 Å². The van der Waals surface area contributed by atoms with E-state index in [1.165, 1.54) is 11.8 Å². The quantitative estimate of drug-likeness (QED) is 0.833. The van der Waals surface area contributed by atoms with Crippen LogP contribution in [0.1, 0.15) is 22.0 Å². The first kappa shape index (κ1) is 15.1. The van der Waals surface area contributed by atoms with Gasteiger partial charge in [0, 0.05) is 4.90 Å². The molecule has 0 heterocycles. The third-order valence-electron chi connectivity index (χ3n) is 3.01. The van der Waals surface area contributed by atoms with Gasteiger partial charge in [-0.2, -0.15) is 0 Å². The molecule has 108 valence electrons. The third kappa shape index (κ3) is 3.64. The first-order valence-corrected chi connectivity index (χ1v) is 7.57. The maximum absolute atomic E-state index is 12.3. The Balaban J connectivity index is 2.25. The van der Waals surface area contributed by atoms with Crippen molar-refractivity contribution in [2.24, 2.45) is 0 Å². The predicted molar refractivity (Wildman–Crippen MR) is 82.5 cm³/mol. The Morgan fingerprint density at radius 2 is 1.67 bits per heavy atom. The minimum atomic E-state index is -1.09. The number of carboxylic acids is 1. The van der Waals surface area contributed by atoms with Gasteiger partial charge >= 0.3 is 5.97 Å². The van der Waals surface area contributed by atoms with E-state index in [0.29, 0.717) is 11.1 Å². The van der Waals surface area contributed by atoms with E-state index in [9.17, 15) is 14.7 Å². The van der Waals surface area contributed by atoms with Crippen LogP contribution < -0.4 is 5.32 Å². The number of carbonyl (C=O) groups is 2. The highest BCUT2D eigenvalue weighted by atomic mass is 32.2. The summed E-state index contributed by atoms with van der Waals surface area (Å²) < 4.78 is 0. The summed E-state index contributed by atoms with van der Waals surface area (Å²) in [7, 11) is 0. The average Bonchev–Trinajstić information content (AvgIpc) is 2.52. The molecular formula is C16H15NO3S. The van der Waals surface area contributed by atoms with E-state index in [2.05, 4.69) is 5.32 Å². The maximum Gasteiger partial charge on any atom is 0.330 e. The smallest absolute Gasteiger partial charge is 0.330 e. The maximum atomic E-state index is 12.3. The molecule has 0 aliphatic heterocycles. The van der Waals surface area contributed by atoms with Gasteiger partial charge in [-0.25, -0.2) is 4.79 Å². The molecular weight excluding hydrogens is 286 g/mol. The van der Waals surface area contributed by atoms with Gasteiger partial charge in [-0.05, 0) is 24.0 Å². The number of benzene rings is 2. The summed E-state index contributed by atoms with van der Waals surface area (Å²) in [5, 5.41) is 11.9. The molecule has 2 rings (SSSR count). The van der Waals surface area contributed by atoms with Crippen molar-refractivity contribution in [3.63, 3.8) is 0 Å². The lowest BCUT2D eigenvalue weighted by Crippen LogP contribution is -2.34.